The van der Waals surface area contributed by atoms with Crippen LogP contribution in [0, 0.1) is 0 Å². The predicted octanol–water partition coefficient (Wildman–Crippen LogP) is 2.91. The number of hydrogen-bond donors (Lipinski definition) is 0. The van der Waals surface area contributed by atoms with Crippen molar-refractivity contribution in [3.8, 4) is 17.2 Å². The minimum absolute atomic E-state index is 0.160. The molecule has 10 heteroatoms. The Bertz CT molecular complexity index is 1470. The van der Waals surface area contributed by atoms with Gasteiger partial charge in [-0.3, -0.25) is 14.4 Å². The molecule has 1 unspecified atom stereocenters. The molecule has 10 nitrogen and oxygen atoms in total. The minimum atomic E-state index is -0.410. The molecular formula is C31H35N3O7. The van der Waals surface area contributed by atoms with Crippen molar-refractivity contribution in [2.75, 3.05) is 53.7 Å². The number of carbonyl (C=O) groups is 2. The normalized spacial score (nSPS) is 17.5. The largest absolute Gasteiger partial charge is 0.493 e. The van der Waals surface area contributed by atoms with Gasteiger partial charge in [-0.05, 0) is 60.4 Å². The lowest BCUT2D eigenvalue weighted by Gasteiger charge is -2.39. The zero-order valence-corrected chi connectivity index (χ0v) is 23.6. The Morgan fingerprint density at radius 3 is 2.41 bits per heavy atom. The van der Waals surface area contributed by atoms with Crippen LogP contribution in [0.15, 0.2) is 59.5 Å². The first-order chi connectivity index (χ1) is 19.9. The number of carbonyl (C=O) groups excluding carboxylic acids is 2. The van der Waals surface area contributed by atoms with Crippen LogP contribution >= 0.6 is 0 Å². The molecule has 216 valence electrons. The smallest absolute Gasteiger partial charge is 0.254 e. The number of aromatic nitrogens is 1. The van der Waals surface area contributed by atoms with E-state index in [-0.39, 0.29) is 36.7 Å². The van der Waals surface area contributed by atoms with E-state index in [1.54, 1.807) is 31.4 Å². The summed E-state index contributed by atoms with van der Waals surface area (Å²) < 4.78 is 24.2. The average molecular weight is 562 g/mol. The molecule has 0 N–H and O–H groups in total. The number of ether oxygens (including phenoxy) is 4. The van der Waals surface area contributed by atoms with Crippen LogP contribution in [0.1, 0.15) is 40.0 Å². The summed E-state index contributed by atoms with van der Waals surface area (Å²) in [5.74, 6) is 1.31. The van der Waals surface area contributed by atoms with Crippen molar-refractivity contribution in [1.82, 2.24) is 14.4 Å². The summed E-state index contributed by atoms with van der Waals surface area (Å²) in [5.41, 5.74) is 2.88. The fourth-order valence-corrected chi connectivity index (χ4v) is 5.41. The van der Waals surface area contributed by atoms with Gasteiger partial charge in [-0.25, -0.2) is 0 Å². The highest BCUT2D eigenvalue weighted by molar-refractivity contribution is 5.96. The lowest BCUT2D eigenvalue weighted by atomic mass is 9.87. The molecule has 1 atom stereocenters. The number of amides is 2. The van der Waals surface area contributed by atoms with Gasteiger partial charge in [0.25, 0.3) is 11.5 Å². The SMILES string of the molecule is CCn1ccc(C(=O)N2CCOCCOc3ccc(cc3)C3c4cc(OC)c(OC)cc4CCN3C(=O)C2)cc1=O. The average Bonchev–Trinajstić information content (AvgIpc) is 3.01. The van der Waals surface area contributed by atoms with Gasteiger partial charge in [0.2, 0.25) is 5.91 Å². The number of fused-ring (bicyclic) bond motifs is 11. The monoisotopic (exact) mass is 561 g/mol. The van der Waals surface area contributed by atoms with Gasteiger partial charge >= 0.3 is 0 Å². The summed E-state index contributed by atoms with van der Waals surface area (Å²) in [4.78, 5) is 43.3. The van der Waals surface area contributed by atoms with Crippen molar-refractivity contribution in [1.29, 1.82) is 0 Å². The van der Waals surface area contributed by atoms with E-state index in [0.717, 1.165) is 16.7 Å². The number of methoxy groups -OCH3 is 2. The number of pyridine rings is 1. The van der Waals surface area contributed by atoms with Gasteiger partial charge in [-0.2, -0.15) is 0 Å². The van der Waals surface area contributed by atoms with Gasteiger partial charge in [0.1, 0.15) is 18.9 Å². The van der Waals surface area contributed by atoms with Crippen LogP contribution in [0.4, 0.5) is 0 Å². The van der Waals surface area contributed by atoms with Crippen LogP contribution in [0.3, 0.4) is 0 Å². The van der Waals surface area contributed by atoms with E-state index in [0.29, 0.717) is 50.0 Å². The summed E-state index contributed by atoms with van der Waals surface area (Å²) in [7, 11) is 3.19. The molecule has 2 bridgehead atoms. The van der Waals surface area contributed by atoms with E-state index in [1.165, 1.54) is 15.5 Å². The third kappa shape index (κ3) is 5.92. The van der Waals surface area contributed by atoms with Crippen molar-refractivity contribution in [3.63, 3.8) is 0 Å². The second kappa shape index (κ2) is 12.5. The Hall–Kier alpha value is -4.31. The molecule has 2 aromatic carbocycles. The van der Waals surface area contributed by atoms with Crippen molar-refractivity contribution in [3.05, 3.63) is 87.3 Å². The number of nitrogens with zero attached hydrogens (tertiary/aromatic N) is 3. The molecule has 41 heavy (non-hydrogen) atoms. The van der Waals surface area contributed by atoms with E-state index >= 15 is 0 Å². The zero-order valence-electron chi connectivity index (χ0n) is 23.6. The number of hydrogen-bond acceptors (Lipinski definition) is 7. The Labute approximate surface area is 239 Å². The van der Waals surface area contributed by atoms with Crippen LogP contribution in [-0.2, 0) is 22.5 Å². The summed E-state index contributed by atoms with van der Waals surface area (Å²) in [6, 6.07) is 14.1. The fraction of sp³-hybridized carbons (Fsp3) is 0.387. The first-order valence-electron chi connectivity index (χ1n) is 13.8. The third-order valence-electron chi connectivity index (χ3n) is 7.59. The second-order valence-corrected chi connectivity index (χ2v) is 9.94. The molecule has 4 heterocycles. The summed E-state index contributed by atoms with van der Waals surface area (Å²) in [5, 5.41) is 0. The first kappa shape index (κ1) is 28.2. The topological polar surface area (TPSA) is 99.5 Å². The second-order valence-electron chi connectivity index (χ2n) is 9.94. The zero-order chi connectivity index (χ0) is 28.9. The van der Waals surface area contributed by atoms with E-state index in [9.17, 15) is 14.4 Å². The molecule has 3 aromatic rings. The number of aryl methyl sites for hydroxylation is 1. The quantitative estimate of drug-likeness (QED) is 0.452. The molecule has 2 amide bonds. The minimum Gasteiger partial charge on any atom is -0.493 e. The van der Waals surface area contributed by atoms with Crippen LogP contribution in [-0.4, -0.2) is 79.9 Å². The highest BCUT2D eigenvalue weighted by Crippen LogP contribution is 2.41. The molecule has 0 saturated heterocycles. The Morgan fingerprint density at radius 2 is 1.71 bits per heavy atom. The fourth-order valence-electron chi connectivity index (χ4n) is 5.41. The Morgan fingerprint density at radius 1 is 0.951 bits per heavy atom. The van der Waals surface area contributed by atoms with E-state index < -0.39 is 11.9 Å². The maximum Gasteiger partial charge on any atom is 0.254 e. The van der Waals surface area contributed by atoms with Crippen LogP contribution in [0.5, 0.6) is 17.2 Å². The first-order valence-corrected chi connectivity index (χ1v) is 13.8. The molecule has 0 radical (unpaired) electrons. The predicted molar refractivity (Wildman–Crippen MR) is 152 cm³/mol. The molecule has 6 rings (SSSR count). The summed E-state index contributed by atoms with van der Waals surface area (Å²) in [6.45, 7) is 3.73. The molecular weight excluding hydrogens is 526 g/mol. The highest BCUT2D eigenvalue weighted by atomic mass is 16.5. The van der Waals surface area contributed by atoms with Gasteiger partial charge in [-0.1, -0.05) is 12.1 Å². The van der Waals surface area contributed by atoms with Gasteiger partial charge in [0, 0.05) is 37.5 Å². The molecule has 0 aliphatic carbocycles. The van der Waals surface area contributed by atoms with E-state index in [4.69, 9.17) is 18.9 Å². The summed E-state index contributed by atoms with van der Waals surface area (Å²) >= 11 is 0. The molecule has 3 aliphatic heterocycles. The number of benzene rings is 2. The van der Waals surface area contributed by atoms with Crippen LogP contribution < -0.4 is 19.8 Å². The number of rotatable bonds is 4. The third-order valence-corrected chi connectivity index (χ3v) is 7.59. The van der Waals surface area contributed by atoms with Crippen LogP contribution in [0.2, 0.25) is 0 Å². The van der Waals surface area contributed by atoms with Crippen molar-refractivity contribution >= 4 is 11.8 Å². The maximum absolute atomic E-state index is 14.0. The lowest BCUT2D eigenvalue weighted by Crippen LogP contribution is -2.48. The van der Waals surface area contributed by atoms with Gasteiger partial charge < -0.3 is 33.3 Å². The summed E-state index contributed by atoms with van der Waals surface area (Å²) in [6.07, 6.45) is 2.22. The maximum atomic E-state index is 14.0. The van der Waals surface area contributed by atoms with Crippen molar-refractivity contribution in [2.24, 2.45) is 0 Å². The van der Waals surface area contributed by atoms with Gasteiger partial charge in [-0.15, -0.1) is 0 Å². The van der Waals surface area contributed by atoms with Crippen molar-refractivity contribution in [2.45, 2.75) is 25.9 Å². The molecule has 1 aromatic heterocycles. The van der Waals surface area contributed by atoms with Gasteiger partial charge in [0.05, 0.1) is 33.5 Å². The van der Waals surface area contributed by atoms with Gasteiger partial charge in [0.15, 0.2) is 11.5 Å². The molecule has 0 spiro atoms. The molecule has 0 saturated carbocycles. The lowest BCUT2D eigenvalue weighted by molar-refractivity contribution is -0.134. The van der Waals surface area contributed by atoms with Crippen LogP contribution in [0.25, 0.3) is 0 Å². The Kier molecular flexibility index (Phi) is 8.58. The molecule has 0 fully saturated rings. The van der Waals surface area contributed by atoms with Crippen molar-refractivity contribution < 1.29 is 28.5 Å². The molecule has 3 aliphatic rings. The Balaban J connectivity index is 1.53. The van der Waals surface area contributed by atoms with E-state index in [1.807, 2.05) is 43.3 Å². The highest BCUT2D eigenvalue weighted by Gasteiger charge is 2.35. The standard InChI is InChI=1S/C31H35N3O7/c1-4-32-11-9-23(18-28(32)35)31(37)33-13-14-40-15-16-41-24-7-5-21(6-8-24)30-25-19-27(39-3)26(38-2)17-22(25)10-12-34(30)29(36)20-33/h5-9,11,17-19,30H,4,10,12-16,20H2,1-3H3. The van der Waals surface area contributed by atoms with E-state index in [2.05, 4.69) is 0 Å².